The number of benzene rings is 3. The van der Waals surface area contributed by atoms with Crippen molar-refractivity contribution < 1.29 is 23.8 Å². The van der Waals surface area contributed by atoms with Gasteiger partial charge in [-0.1, -0.05) is 30.3 Å². The van der Waals surface area contributed by atoms with E-state index in [9.17, 15) is 9.90 Å². The average molecular weight is 431 g/mol. The summed E-state index contributed by atoms with van der Waals surface area (Å²) in [5.41, 5.74) is 11.3. The second kappa shape index (κ2) is 9.16. The number of carboxylic acids is 1. The number of fused-ring (bicyclic) bond motifs is 1. The number of methoxy groups -OCH3 is 1. The van der Waals surface area contributed by atoms with Crippen LogP contribution in [0.4, 0.5) is 0 Å². The van der Waals surface area contributed by atoms with Crippen LogP contribution < -0.4 is 15.2 Å². The summed E-state index contributed by atoms with van der Waals surface area (Å²) >= 11 is 0. The van der Waals surface area contributed by atoms with E-state index in [0.29, 0.717) is 23.6 Å². The third kappa shape index (κ3) is 4.45. The summed E-state index contributed by atoms with van der Waals surface area (Å²) < 4.78 is 17.3. The summed E-state index contributed by atoms with van der Waals surface area (Å²) in [5.74, 6) is 0.919. The van der Waals surface area contributed by atoms with Crippen LogP contribution >= 0.6 is 0 Å². The fraction of sp³-hybridized carbons (Fsp3) is 0.192. The van der Waals surface area contributed by atoms with Crippen LogP contribution in [0.2, 0.25) is 0 Å². The van der Waals surface area contributed by atoms with Gasteiger partial charge in [0.25, 0.3) is 0 Å². The van der Waals surface area contributed by atoms with Crippen LogP contribution in [0.5, 0.6) is 11.5 Å². The summed E-state index contributed by atoms with van der Waals surface area (Å²) in [4.78, 5) is 11.2. The average Bonchev–Trinajstić information content (AvgIpc) is 3.12. The van der Waals surface area contributed by atoms with Gasteiger partial charge < -0.3 is 24.7 Å². The molecule has 0 aliphatic rings. The highest BCUT2D eigenvalue weighted by molar-refractivity contribution is 5.87. The highest BCUT2D eigenvalue weighted by atomic mass is 16.5. The predicted octanol–water partition coefficient (Wildman–Crippen LogP) is 5.08. The summed E-state index contributed by atoms with van der Waals surface area (Å²) in [6.07, 6.45) is -0.133. The molecule has 0 aliphatic heterocycles. The van der Waals surface area contributed by atoms with Gasteiger partial charge in [-0.2, -0.15) is 0 Å². The van der Waals surface area contributed by atoms with Crippen LogP contribution in [-0.4, -0.2) is 18.2 Å². The normalized spacial score (nSPS) is 11.0. The number of aryl methyl sites for hydroxylation is 1. The number of hydrogen-bond acceptors (Lipinski definition) is 5. The summed E-state index contributed by atoms with van der Waals surface area (Å²) in [7, 11) is 1.56. The monoisotopic (exact) mass is 431 g/mol. The van der Waals surface area contributed by atoms with Crippen LogP contribution in [0.1, 0.15) is 22.5 Å². The molecule has 1 aromatic heterocycles. The lowest BCUT2D eigenvalue weighted by Crippen LogP contribution is -2.05. The van der Waals surface area contributed by atoms with Gasteiger partial charge in [0.2, 0.25) is 0 Å². The van der Waals surface area contributed by atoms with Crippen molar-refractivity contribution in [1.29, 1.82) is 0 Å². The van der Waals surface area contributed by atoms with Gasteiger partial charge in [-0.3, -0.25) is 4.79 Å². The predicted molar refractivity (Wildman–Crippen MR) is 123 cm³/mol. The molecule has 32 heavy (non-hydrogen) atoms. The Morgan fingerprint density at radius 1 is 1.06 bits per heavy atom. The molecule has 4 rings (SSSR count). The molecule has 0 radical (unpaired) electrons. The topological polar surface area (TPSA) is 94.9 Å². The van der Waals surface area contributed by atoms with Crippen molar-refractivity contribution in [2.45, 2.75) is 26.5 Å². The quantitative estimate of drug-likeness (QED) is 0.404. The molecule has 1 heterocycles. The van der Waals surface area contributed by atoms with E-state index in [2.05, 4.69) is 18.2 Å². The smallest absolute Gasteiger partial charge is 0.307 e. The Morgan fingerprint density at radius 2 is 1.88 bits per heavy atom. The molecule has 0 atom stereocenters. The number of hydrogen-bond donors (Lipinski definition) is 2. The van der Waals surface area contributed by atoms with E-state index in [4.69, 9.17) is 19.6 Å². The number of carbonyl (C=O) groups is 1. The zero-order valence-corrected chi connectivity index (χ0v) is 18.1. The molecular formula is C26H25NO5. The SMILES string of the molecule is COc1ccc(CC(=O)O)c(OCc2c(C)oc3ccc(-c4cccc(CN)c4)cc23)c1. The lowest BCUT2D eigenvalue weighted by Gasteiger charge is -2.12. The summed E-state index contributed by atoms with van der Waals surface area (Å²) in [6, 6.07) is 19.4. The first-order valence-electron chi connectivity index (χ1n) is 10.3. The molecule has 0 amide bonds. The van der Waals surface area contributed by atoms with Gasteiger partial charge >= 0.3 is 5.97 Å². The number of rotatable bonds is 8. The van der Waals surface area contributed by atoms with E-state index >= 15 is 0 Å². The molecule has 4 aromatic rings. The number of carboxylic acid groups (broad SMARTS) is 1. The summed E-state index contributed by atoms with van der Waals surface area (Å²) in [5, 5.41) is 10.2. The maximum atomic E-state index is 11.2. The molecule has 0 aliphatic carbocycles. The Kier molecular flexibility index (Phi) is 6.14. The van der Waals surface area contributed by atoms with E-state index in [0.717, 1.165) is 39.0 Å². The Labute approximate surface area is 186 Å². The van der Waals surface area contributed by atoms with Gasteiger partial charge in [0, 0.05) is 29.1 Å². The molecule has 0 spiro atoms. The third-order valence-electron chi connectivity index (χ3n) is 5.48. The van der Waals surface area contributed by atoms with Gasteiger partial charge in [0.1, 0.15) is 29.4 Å². The number of furan rings is 1. The Hall–Kier alpha value is -3.77. The van der Waals surface area contributed by atoms with Gasteiger partial charge in [-0.05, 0) is 47.9 Å². The van der Waals surface area contributed by atoms with E-state index < -0.39 is 5.97 Å². The lowest BCUT2D eigenvalue weighted by atomic mass is 10.0. The molecule has 0 bridgehead atoms. The van der Waals surface area contributed by atoms with Gasteiger partial charge in [0.15, 0.2) is 0 Å². The Bertz CT molecular complexity index is 1270. The molecular weight excluding hydrogens is 406 g/mol. The van der Waals surface area contributed by atoms with Crippen LogP contribution in [0.3, 0.4) is 0 Å². The van der Waals surface area contributed by atoms with E-state index in [-0.39, 0.29) is 13.0 Å². The van der Waals surface area contributed by atoms with E-state index in [1.54, 1.807) is 25.3 Å². The van der Waals surface area contributed by atoms with Crippen LogP contribution in [0.25, 0.3) is 22.1 Å². The third-order valence-corrected chi connectivity index (χ3v) is 5.48. The van der Waals surface area contributed by atoms with Gasteiger partial charge in [0.05, 0.1) is 13.5 Å². The molecule has 0 unspecified atom stereocenters. The fourth-order valence-electron chi connectivity index (χ4n) is 3.76. The van der Waals surface area contributed by atoms with Crippen molar-refractivity contribution in [2.24, 2.45) is 5.73 Å². The Balaban J connectivity index is 1.68. The first kappa shape index (κ1) is 21.5. The summed E-state index contributed by atoms with van der Waals surface area (Å²) in [6.45, 7) is 2.63. The first-order valence-corrected chi connectivity index (χ1v) is 10.3. The second-order valence-corrected chi connectivity index (χ2v) is 7.59. The van der Waals surface area contributed by atoms with Crippen molar-refractivity contribution in [3.63, 3.8) is 0 Å². The number of aliphatic carboxylic acids is 1. The molecule has 0 saturated heterocycles. The van der Waals surface area contributed by atoms with Crippen molar-refractivity contribution in [2.75, 3.05) is 7.11 Å². The highest BCUT2D eigenvalue weighted by Crippen LogP contribution is 2.33. The standard InChI is InChI=1S/C26H25NO5/c1-16-23(15-31-25-13-21(30-2)8-6-20(25)12-26(28)29)22-11-19(7-9-24(22)32-16)18-5-3-4-17(10-18)14-27/h3-11,13H,12,14-15,27H2,1-2H3,(H,28,29). The molecule has 6 heteroatoms. The van der Waals surface area contributed by atoms with Crippen LogP contribution in [0.15, 0.2) is 65.1 Å². The molecule has 6 nitrogen and oxygen atoms in total. The zero-order chi connectivity index (χ0) is 22.7. The molecule has 0 saturated carbocycles. The molecule has 164 valence electrons. The molecule has 3 aromatic carbocycles. The van der Waals surface area contributed by atoms with Gasteiger partial charge in [-0.15, -0.1) is 0 Å². The number of ether oxygens (including phenoxy) is 2. The highest BCUT2D eigenvalue weighted by Gasteiger charge is 2.15. The minimum Gasteiger partial charge on any atom is -0.497 e. The second-order valence-electron chi connectivity index (χ2n) is 7.59. The zero-order valence-electron chi connectivity index (χ0n) is 18.1. The molecule has 0 fully saturated rings. The van der Waals surface area contributed by atoms with Gasteiger partial charge in [-0.25, -0.2) is 0 Å². The first-order chi connectivity index (χ1) is 15.5. The van der Waals surface area contributed by atoms with Crippen molar-refractivity contribution in [3.8, 4) is 22.6 Å². The number of nitrogens with two attached hydrogens (primary N) is 1. The van der Waals surface area contributed by atoms with Crippen LogP contribution in [-0.2, 0) is 24.4 Å². The van der Waals surface area contributed by atoms with Crippen LogP contribution in [0, 0.1) is 6.92 Å². The largest absolute Gasteiger partial charge is 0.497 e. The molecule has 3 N–H and O–H groups in total. The van der Waals surface area contributed by atoms with E-state index in [1.807, 2.05) is 31.2 Å². The van der Waals surface area contributed by atoms with E-state index in [1.165, 1.54) is 0 Å². The maximum absolute atomic E-state index is 11.2. The van der Waals surface area contributed by atoms with Crippen molar-refractivity contribution in [3.05, 3.63) is 83.1 Å². The van der Waals surface area contributed by atoms with Crippen molar-refractivity contribution >= 4 is 16.9 Å². The Morgan fingerprint density at radius 3 is 2.62 bits per heavy atom. The maximum Gasteiger partial charge on any atom is 0.307 e. The minimum absolute atomic E-state index is 0.133. The van der Waals surface area contributed by atoms with Crippen molar-refractivity contribution in [1.82, 2.24) is 0 Å². The lowest BCUT2D eigenvalue weighted by molar-refractivity contribution is -0.136. The fourth-order valence-corrected chi connectivity index (χ4v) is 3.76. The minimum atomic E-state index is -0.922.